The highest BCUT2D eigenvalue weighted by atomic mass is 16.3. The molecule has 0 aliphatic rings. The first-order valence-electron chi connectivity index (χ1n) is 7.13. The van der Waals surface area contributed by atoms with E-state index in [1.807, 2.05) is 0 Å². The predicted octanol–water partition coefficient (Wildman–Crippen LogP) is 2.74. The van der Waals surface area contributed by atoms with Crippen molar-refractivity contribution < 1.29 is 13.3 Å². The van der Waals surface area contributed by atoms with E-state index in [-0.39, 0.29) is 0 Å². The molecule has 1 N–H and O–H groups in total. The van der Waals surface area contributed by atoms with Gasteiger partial charge < -0.3 is 5.11 Å². The summed E-state index contributed by atoms with van der Waals surface area (Å²) in [5, 5.41) is 10.5. The van der Waals surface area contributed by atoms with Crippen LogP contribution in [0.1, 0.15) is 41.3 Å². The Labute approximate surface area is 88.8 Å². The third-order valence-electron chi connectivity index (χ3n) is 2.40. The fourth-order valence-electron chi connectivity index (χ4n) is 1.06. The Balaban J connectivity index is 3.51. The predicted molar refractivity (Wildman–Crippen MR) is 55.8 cm³/mol. The van der Waals surface area contributed by atoms with Gasteiger partial charge >= 0.3 is 0 Å². The lowest BCUT2D eigenvalue weighted by Gasteiger charge is -2.37. The van der Waals surface area contributed by atoms with Crippen molar-refractivity contribution in [2.45, 2.75) is 38.6 Å². The number of aliphatic hydroxyl groups is 1. The van der Waals surface area contributed by atoms with Crippen molar-refractivity contribution in [3.8, 4) is 0 Å². The van der Waals surface area contributed by atoms with Gasteiger partial charge in [-0.15, -0.1) is 0 Å². The molecule has 0 aromatic heterocycles. The maximum Gasteiger partial charge on any atom is 0.0682 e. The van der Waals surface area contributed by atoms with Gasteiger partial charge in [-0.1, -0.05) is 44.2 Å². The van der Waals surface area contributed by atoms with Gasteiger partial charge in [0.1, 0.15) is 0 Å². The zero-order chi connectivity index (χ0) is 15.1. The Morgan fingerprint density at radius 2 is 1.69 bits per heavy atom. The number of rotatable bonds is 2. The smallest absolute Gasteiger partial charge is 0.0682 e. The molecule has 1 rings (SSSR count). The minimum Gasteiger partial charge on any atom is -0.390 e. The molecule has 0 atom stereocenters. The molecule has 72 valence electrons. The molecule has 13 heavy (non-hydrogen) atoms. The molecule has 0 amide bonds. The van der Waals surface area contributed by atoms with Crippen LogP contribution in [0.15, 0.2) is 30.3 Å². The SMILES string of the molecule is [2H]C([2H])([2H])C(O)(C([2H])([2H])[2H])C(C)(C)c1ccccc1. The lowest BCUT2D eigenvalue weighted by atomic mass is 9.72. The molecule has 0 saturated carbocycles. The van der Waals surface area contributed by atoms with Gasteiger partial charge in [0, 0.05) is 13.6 Å². The van der Waals surface area contributed by atoms with Crippen LogP contribution in [0.2, 0.25) is 0 Å². The molecular formula is C12H18O. The van der Waals surface area contributed by atoms with Crippen molar-refractivity contribution in [3.63, 3.8) is 0 Å². The summed E-state index contributed by atoms with van der Waals surface area (Å²) in [6.45, 7) is -3.20. The first-order valence-corrected chi connectivity index (χ1v) is 4.13. The van der Waals surface area contributed by atoms with E-state index in [4.69, 9.17) is 8.22 Å². The van der Waals surface area contributed by atoms with E-state index in [2.05, 4.69) is 0 Å². The lowest BCUT2D eigenvalue weighted by molar-refractivity contribution is 0.00964. The minimum atomic E-state index is -3.03. The first kappa shape index (κ1) is 4.61. The van der Waals surface area contributed by atoms with Crippen molar-refractivity contribution in [1.29, 1.82) is 0 Å². The molecule has 0 radical (unpaired) electrons. The zero-order valence-corrected chi connectivity index (χ0v) is 7.83. The second-order valence-electron chi connectivity index (χ2n) is 3.70. The van der Waals surface area contributed by atoms with Crippen LogP contribution >= 0.6 is 0 Å². The largest absolute Gasteiger partial charge is 0.390 e. The monoisotopic (exact) mass is 184 g/mol. The van der Waals surface area contributed by atoms with Crippen LogP contribution in [-0.2, 0) is 5.41 Å². The van der Waals surface area contributed by atoms with Crippen LogP contribution in [0.4, 0.5) is 0 Å². The van der Waals surface area contributed by atoms with Gasteiger partial charge in [-0.25, -0.2) is 0 Å². The molecule has 1 nitrogen and oxygen atoms in total. The fraction of sp³-hybridized carbons (Fsp3) is 0.500. The number of hydrogen-bond acceptors (Lipinski definition) is 1. The van der Waals surface area contributed by atoms with Gasteiger partial charge in [-0.3, -0.25) is 0 Å². The second-order valence-corrected chi connectivity index (χ2v) is 3.70. The molecule has 0 spiro atoms. The Bertz CT molecular complexity index is 418. The quantitative estimate of drug-likeness (QED) is 0.749. The van der Waals surface area contributed by atoms with Crippen LogP contribution < -0.4 is 0 Å². The molecule has 1 aromatic rings. The molecule has 0 aliphatic heterocycles. The molecule has 0 bridgehead atoms. The van der Waals surface area contributed by atoms with Crippen molar-refractivity contribution in [3.05, 3.63) is 35.9 Å². The van der Waals surface area contributed by atoms with E-state index in [1.165, 1.54) is 13.8 Å². The standard InChI is InChI=1S/C12H18O/c1-11(2,12(3,4)13)10-8-6-5-7-9-10/h5-9,13H,1-4H3/i3D3,4D3. The second kappa shape index (κ2) is 3.15. The van der Waals surface area contributed by atoms with E-state index >= 15 is 0 Å². The normalized spacial score (nSPS) is 21.8. The van der Waals surface area contributed by atoms with Gasteiger partial charge in [-0.2, -0.15) is 0 Å². The van der Waals surface area contributed by atoms with Gasteiger partial charge in [0.15, 0.2) is 0 Å². The van der Waals surface area contributed by atoms with Gasteiger partial charge in [0.2, 0.25) is 0 Å². The third-order valence-corrected chi connectivity index (χ3v) is 2.40. The van der Waals surface area contributed by atoms with Crippen molar-refractivity contribution in [2.24, 2.45) is 0 Å². The summed E-state index contributed by atoms with van der Waals surface area (Å²) in [6, 6.07) is 8.32. The summed E-state index contributed by atoms with van der Waals surface area (Å²) in [4.78, 5) is 0. The highest BCUT2D eigenvalue weighted by Gasteiger charge is 2.36. The Hall–Kier alpha value is -0.820. The Kier molecular flexibility index (Phi) is 1.12. The highest BCUT2D eigenvalue weighted by molar-refractivity contribution is 5.26. The summed E-state index contributed by atoms with van der Waals surface area (Å²) >= 11 is 0. The van der Waals surface area contributed by atoms with Gasteiger partial charge in [-0.05, 0) is 19.3 Å². The first-order chi connectivity index (χ1) is 8.36. The highest BCUT2D eigenvalue weighted by Crippen LogP contribution is 2.33. The maximum absolute atomic E-state index is 10.5. The van der Waals surface area contributed by atoms with Crippen molar-refractivity contribution >= 4 is 0 Å². The number of hydrogen-bond donors (Lipinski definition) is 1. The van der Waals surface area contributed by atoms with Crippen LogP contribution in [0.5, 0.6) is 0 Å². The van der Waals surface area contributed by atoms with Gasteiger partial charge in [0.25, 0.3) is 0 Å². The molecule has 1 heteroatoms. The molecule has 0 heterocycles. The average molecular weight is 184 g/mol. The Morgan fingerprint density at radius 3 is 2.15 bits per heavy atom. The zero-order valence-electron chi connectivity index (χ0n) is 13.8. The van der Waals surface area contributed by atoms with Crippen LogP contribution in [-0.4, -0.2) is 10.7 Å². The van der Waals surface area contributed by atoms with Crippen LogP contribution in [0.3, 0.4) is 0 Å². The lowest BCUT2D eigenvalue weighted by Crippen LogP contribution is -2.42. The van der Waals surface area contributed by atoms with Gasteiger partial charge in [0.05, 0.1) is 5.60 Å². The number of benzene rings is 1. The van der Waals surface area contributed by atoms with E-state index in [1.54, 1.807) is 30.3 Å². The van der Waals surface area contributed by atoms with Crippen LogP contribution in [0.25, 0.3) is 0 Å². The molecule has 1 aromatic carbocycles. The fourth-order valence-corrected chi connectivity index (χ4v) is 1.06. The van der Waals surface area contributed by atoms with E-state index < -0.39 is 24.7 Å². The summed E-state index contributed by atoms with van der Waals surface area (Å²) in [5.41, 5.74) is -3.82. The van der Waals surface area contributed by atoms with Crippen molar-refractivity contribution in [2.75, 3.05) is 0 Å². The van der Waals surface area contributed by atoms with Crippen molar-refractivity contribution in [1.82, 2.24) is 0 Å². The summed E-state index contributed by atoms with van der Waals surface area (Å²) in [7, 11) is 0. The summed E-state index contributed by atoms with van der Waals surface area (Å²) in [6.07, 6.45) is 0. The molecule has 0 aliphatic carbocycles. The molecule has 0 fully saturated rings. The van der Waals surface area contributed by atoms with E-state index in [0.29, 0.717) is 5.56 Å². The Morgan fingerprint density at radius 1 is 1.15 bits per heavy atom. The van der Waals surface area contributed by atoms with E-state index in [9.17, 15) is 5.11 Å². The van der Waals surface area contributed by atoms with Crippen LogP contribution in [0, 0.1) is 0 Å². The molecule has 0 unspecified atom stereocenters. The molecule has 0 saturated heterocycles. The molecular weight excluding hydrogens is 160 g/mol. The van der Waals surface area contributed by atoms with E-state index in [0.717, 1.165) is 0 Å². The summed E-state index contributed by atoms with van der Waals surface area (Å²) < 4.78 is 44.8. The third kappa shape index (κ3) is 1.92. The summed E-state index contributed by atoms with van der Waals surface area (Å²) in [5.74, 6) is 0. The maximum atomic E-state index is 10.5. The average Bonchev–Trinajstić information content (AvgIpc) is 2.26. The topological polar surface area (TPSA) is 20.2 Å². The minimum absolute atomic E-state index is 0.463.